The highest BCUT2D eigenvalue weighted by Gasteiger charge is 2.28. The standard InChI is InChI=1S/C13H18F3N3O3/c1-21-7-6-17-4-5-18-12(20)10-2-3-11(19-8-10)22-9-13(14,15)16/h2-3,8,17H,4-7,9H2,1H3,(H,18,20). The Hall–Kier alpha value is -1.87. The van der Waals surface area contributed by atoms with Crippen molar-refractivity contribution in [1.82, 2.24) is 15.6 Å². The lowest BCUT2D eigenvalue weighted by atomic mass is 10.2. The fraction of sp³-hybridized carbons (Fsp3) is 0.538. The van der Waals surface area contributed by atoms with Gasteiger partial charge in [0.2, 0.25) is 5.88 Å². The van der Waals surface area contributed by atoms with Crippen LogP contribution >= 0.6 is 0 Å². The predicted octanol–water partition coefficient (Wildman–Crippen LogP) is 0.988. The number of amides is 1. The number of alkyl halides is 3. The average molecular weight is 321 g/mol. The highest BCUT2D eigenvalue weighted by Crippen LogP contribution is 2.16. The van der Waals surface area contributed by atoms with E-state index in [1.165, 1.54) is 18.3 Å². The van der Waals surface area contributed by atoms with Crippen molar-refractivity contribution in [3.63, 3.8) is 0 Å². The summed E-state index contributed by atoms with van der Waals surface area (Å²) in [5, 5.41) is 5.70. The van der Waals surface area contributed by atoms with Crippen LogP contribution in [0.4, 0.5) is 13.2 Å². The highest BCUT2D eigenvalue weighted by atomic mass is 19.4. The Kier molecular flexibility index (Phi) is 7.61. The molecule has 124 valence electrons. The van der Waals surface area contributed by atoms with Crippen LogP contribution < -0.4 is 15.4 Å². The molecule has 2 N–H and O–H groups in total. The molecule has 0 bridgehead atoms. The summed E-state index contributed by atoms with van der Waals surface area (Å²) in [4.78, 5) is 15.4. The van der Waals surface area contributed by atoms with Crippen molar-refractivity contribution in [3.05, 3.63) is 23.9 Å². The van der Waals surface area contributed by atoms with Gasteiger partial charge in [0.15, 0.2) is 6.61 Å². The van der Waals surface area contributed by atoms with Gasteiger partial charge in [-0.2, -0.15) is 13.2 Å². The molecule has 6 nitrogen and oxygen atoms in total. The molecule has 22 heavy (non-hydrogen) atoms. The van der Waals surface area contributed by atoms with E-state index in [9.17, 15) is 18.0 Å². The van der Waals surface area contributed by atoms with E-state index in [0.717, 1.165) is 0 Å². The zero-order valence-electron chi connectivity index (χ0n) is 12.1. The predicted molar refractivity (Wildman–Crippen MR) is 72.9 cm³/mol. The molecule has 1 aromatic heterocycles. The number of methoxy groups -OCH3 is 1. The smallest absolute Gasteiger partial charge is 0.422 e. The van der Waals surface area contributed by atoms with Gasteiger partial charge in [0.25, 0.3) is 5.91 Å². The van der Waals surface area contributed by atoms with E-state index in [4.69, 9.17) is 4.74 Å². The molecule has 1 heterocycles. The molecule has 0 saturated heterocycles. The molecule has 9 heteroatoms. The molecular formula is C13H18F3N3O3. The van der Waals surface area contributed by atoms with Gasteiger partial charge in [-0.25, -0.2) is 4.98 Å². The Bertz CT molecular complexity index is 452. The fourth-order valence-corrected chi connectivity index (χ4v) is 1.42. The van der Waals surface area contributed by atoms with Crippen LogP contribution in [0.5, 0.6) is 5.88 Å². The summed E-state index contributed by atoms with van der Waals surface area (Å²) in [6, 6.07) is 2.57. The zero-order valence-corrected chi connectivity index (χ0v) is 12.1. The van der Waals surface area contributed by atoms with E-state index < -0.39 is 12.8 Å². The number of ether oxygens (including phenoxy) is 2. The number of hydrogen-bond donors (Lipinski definition) is 2. The van der Waals surface area contributed by atoms with E-state index in [0.29, 0.717) is 26.2 Å². The highest BCUT2D eigenvalue weighted by molar-refractivity contribution is 5.93. The molecule has 0 unspecified atom stereocenters. The topological polar surface area (TPSA) is 72.5 Å². The second-order valence-electron chi connectivity index (χ2n) is 4.29. The van der Waals surface area contributed by atoms with Crippen molar-refractivity contribution in [1.29, 1.82) is 0 Å². The van der Waals surface area contributed by atoms with Crippen LogP contribution in [0.2, 0.25) is 0 Å². The van der Waals surface area contributed by atoms with Gasteiger partial charge >= 0.3 is 6.18 Å². The maximum atomic E-state index is 12.0. The van der Waals surface area contributed by atoms with E-state index in [1.807, 2.05) is 0 Å². The van der Waals surface area contributed by atoms with E-state index in [-0.39, 0.29) is 17.4 Å². The molecule has 0 aliphatic carbocycles. The fourth-order valence-electron chi connectivity index (χ4n) is 1.42. The molecule has 1 aromatic rings. The van der Waals surface area contributed by atoms with Crippen LogP contribution in [-0.2, 0) is 4.74 Å². The summed E-state index contributed by atoms with van der Waals surface area (Å²) >= 11 is 0. The van der Waals surface area contributed by atoms with Gasteiger partial charge in [0, 0.05) is 39.0 Å². The van der Waals surface area contributed by atoms with Crippen molar-refractivity contribution in [2.75, 3.05) is 40.0 Å². The molecule has 0 aliphatic heterocycles. The Morgan fingerprint density at radius 3 is 2.64 bits per heavy atom. The van der Waals surface area contributed by atoms with Gasteiger partial charge in [0.05, 0.1) is 12.2 Å². The number of carbonyl (C=O) groups excluding carboxylic acids is 1. The summed E-state index contributed by atoms with van der Waals surface area (Å²) in [5.74, 6) is -0.543. The van der Waals surface area contributed by atoms with Gasteiger partial charge in [-0.1, -0.05) is 0 Å². The van der Waals surface area contributed by atoms with Crippen LogP contribution in [0.25, 0.3) is 0 Å². The third-order valence-electron chi connectivity index (χ3n) is 2.45. The van der Waals surface area contributed by atoms with Crippen molar-refractivity contribution in [2.45, 2.75) is 6.18 Å². The van der Waals surface area contributed by atoms with Gasteiger partial charge in [-0.15, -0.1) is 0 Å². The SMILES string of the molecule is COCCNCCNC(=O)c1ccc(OCC(F)(F)F)nc1. The molecule has 0 spiro atoms. The minimum atomic E-state index is -4.42. The first-order valence-corrected chi connectivity index (χ1v) is 6.56. The van der Waals surface area contributed by atoms with Gasteiger partial charge in [-0.3, -0.25) is 4.79 Å². The molecule has 1 rings (SSSR count). The molecule has 0 saturated carbocycles. The summed E-state index contributed by atoms with van der Waals surface area (Å²) in [5.41, 5.74) is 0.247. The lowest BCUT2D eigenvalue weighted by molar-refractivity contribution is -0.154. The number of aromatic nitrogens is 1. The first kappa shape index (κ1) is 18.2. The Balaban J connectivity index is 2.31. The Labute approximate surface area is 126 Å². The number of pyridine rings is 1. The number of hydrogen-bond acceptors (Lipinski definition) is 5. The van der Waals surface area contributed by atoms with Crippen molar-refractivity contribution in [3.8, 4) is 5.88 Å². The van der Waals surface area contributed by atoms with E-state index >= 15 is 0 Å². The maximum Gasteiger partial charge on any atom is 0.422 e. The van der Waals surface area contributed by atoms with Crippen molar-refractivity contribution < 1.29 is 27.4 Å². The van der Waals surface area contributed by atoms with Crippen LogP contribution in [0.15, 0.2) is 18.3 Å². The number of halogens is 3. The molecule has 1 amide bonds. The minimum Gasteiger partial charge on any atom is -0.468 e. The second-order valence-corrected chi connectivity index (χ2v) is 4.29. The average Bonchev–Trinajstić information content (AvgIpc) is 2.48. The number of nitrogens with zero attached hydrogens (tertiary/aromatic N) is 1. The van der Waals surface area contributed by atoms with Crippen molar-refractivity contribution in [2.24, 2.45) is 0 Å². The molecular weight excluding hydrogens is 303 g/mol. The Morgan fingerprint density at radius 2 is 2.05 bits per heavy atom. The van der Waals surface area contributed by atoms with Crippen LogP contribution in [0, 0.1) is 0 Å². The Morgan fingerprint density at radius 1 is 1.27 bits per heavy atom. The largest absolute Gasteiger partial charge is 0.468 e. The van der Waals surface area contributed by atoms with Crippen LogP contribution in [0.1, 0.15) is 10.4 Å². The zero-order chi connectivity index (χ0) is 16.4. The molecule has 0 fully saturated rings. The van der Waals surface area contributed by atoms with Gasteiger partial charge in [-0.05, 0) is 6.07 Å². The molecule has 0 atom stereocenters. The first-order chi connectivity index (χ1) is 10.4. The summed E-state index contributed by atoms with van der Waals surface area (Å²) in [7, 11) is 1.60. The van der Waals surface area contributed by atoms with Gasteiger partial charge < -0.3 is 20.1 Å². The molecule has 0 aliphatic rings. The first-order valence-electron chi connectivity index (χ1n) is 6.56. The molecule has 0 aromatic carbocycles. The lowest BCUT2D eigenvalue weighted by Crippen LogP contribution is -2.33. The lowest BCUT2D eigenvalue weighted by Gasteiger charge is -2.09. The quantitative estimate of drug-likeness (QED) is 0.664. The maximum absolute atomic E-state index is 12.0. The summed E-state index contributed by atoms with van der Waals surface area (Å²) < 4.78 is 45.2. The monoisotopic (exact) mass is 321 g/mol. The van der Waals surface area contributed by atoms with Crippen LogP contribution in [0.3, 0.4) is 0 Å². The summed E-state index contributed by atoms with van der Waals surface area (Å²) in [6.45, 7) is 0.833. The number of carbonyl (C=O) groups is 1. The van der Waals surface area contributed by atoms with Crippen LogP contribution in [-0.4, -0.2) is 57.0 Å². The van der Waals surface area contributed by atoms with E-state index in [2.05, 4.69) is 20.4 Å². The summed E-state index contributed by atoms with van der Waals surface area (Å²) in [6.07, 6.45) is -3.26. The molecule has 0 radical (unpaired) electrons. The normalized spacial score (nSPS) is 11.3. The minimum absolute atomic E-state index is 0.185. The van der Waals surface area contributed by atoms with E-state index in [1.54, 1.807) is 7.11 Å². The number of nitrogens with one attached hydrogen (secondary N) is 2. The second kappa shape index (κ2) is 9.21. The van der Waals surface area contributed by atoms with Gasteiger partial charge in [0.1, 0.15) is 0 Å². The number of rotatable bonds is 9. The third-order valence-corrected chi connectivity index (χ3v) is 2.45. The third kappa shape index (κ3) is 7.79. The van der Waals surface area contributed by atoms with Crippen molar-refractivity contribution >= 4 is 5.91 Å².